The van der Waals surface area contributed by atoms with Crippen LogP contribution in [-0.4, -0.2) is 4.37 Å². The molecule has 0 saturated heterocycles. The van der Waals surface area contributed by atoms with Gasteiger partial charge in [0.25, 0.3) is 0 Å². The van der Waals surface area contributed by atoms with Gasteiger partial charge in [-0.1, -0.05) is 28.1 Å². The highest BCUT2D eigenvalue weighted by Gasteiger charge is 2.15. The zero-order chi connectivity index (χ0) is 11.0. The molecule has 0 unspecified atom stereocenters. The second-order valence-electron chi connectivity index (χ2n) is 3.83. The predicted octanol–water partition coefficient (Wildman–Crippen LogP) is 4.28. The Kier molecular flexibility index (Phi) is 2.65. The Labute approximate surface area is 107 Å². The highest BCUT2D eigenvalue weighted by Crippen LogP contribution is 2.34. The van der Waals surface area contributed by atoms with Crippen LogP contribution in [0.1, 0.15) is 22.4 Å². The molecule has 1 heterocycles. The molecule has 1 nitrogen and oxygen atoms in total. The first-order chi connectivity index (χ1) is 7.84. The molecular weight excluding hydrogens is 282 g/mol. The Morgan fingerprint density at radius 2 is 2.19 bits per heavy atom. The summed E-state index contributed by atoms with van der Waals surface area (Å²) in [6, 6.07) is 8.63. The van der Waals surface area contributed by atoms with Crippen molar-refractivity contribution in [2.45, 2.75) is 12.8 Å². The lowest BCUT2D eigenvalue weighted by Gasteiger charge is -2.16. The lowest BCUT2D eigenvalue weighted by Crippen LogP contribution is -1.99. The Balaban J connectivity index is 2.14. The molecule has 3 heteroatoms. The van der Waals surface area contributed by atoms with Crippen LogP contribution in [0.5, 0.6) is 0 Å². The fourth-order valence-corrected chi connectivity index (χ4v) is 3.16. The van der Waals surface area contributed by atoms with Gasteiger partial charge in [-0.05, 0) is 59.3 Å². The molecule has 16 heavy (non-hydrogen) atoms. The van der Waals surface area contributed by atoms with Crippen molar-refractivity contribution >= 4 is 33.0 Å². The average molecular weight is 292 g/mol. The van der Waals surface area contributed by atoms with E-state index >= 15 is 0 Å². The summed E-state index contributed by atoms with van der Waals surface area (Å²) in [7, 11) is 0. The van der Waals surface area contributed by atoms with Gasteiger partial charge in [0.15, 0.2) is 0 Å². The fourth-order valence-electron chi connectivity index (χ4n) is 2.10. The summed E-state index contributed by atoms with van der Waals surface area (Å²) in [6.45, 7) is 0. The Morgan fingerprint density at radius 3 is 3.00 bits per heavy atom. The molecule has 1 aliphatic rings. The molecule has 0 fully saturated rings. The van der Waals surface area contributed by atoms with Gasteiger partial charge in [0.2, 0.25) is 0 Å². The van der Waals surface area contributed by atoms with Gasteiger partial charge in [-0.15, -0.1) is 0 Å². The van der Waals surface area contributed by atoms with E-state index in [4.69, 9.17) is 0 Å². The Morgan fingerprint density at radius 1 is 1.25 bits per heavy atom. The summed E-state index contributed by atoms with van der Waals surface area (Å²) in [4.78, 5) is 1.27. The van der Waals surface area contributed by atoms with E-state index in [1.54, 1.807) is 11.5 Å². The van der Waals surface area contributed by atoms with E-state index in [2.05, 4.69) is 50.6 Å². The first-order valence-corrected chi connectivity index (χ1v) is 6.81. The van der Waals surface area contributed by atoms with Crippen LogP contribution < -0.4 is 0 Å². The first kappa shape index (κ1) is 10.2. The SMILES string of the molecule is Brc1ccc2c(c1)CCC=C2c1ccns1. The molecule has 3 rings (SSSR count). The average Bonchev–Trinajstić information content (AvgIpc) is 2.81. The van der Waals surface area contributed by atoms with Crippen LogP contribution in [0.15, 0.2) is 41.0 Å². The number of nitrogens with zero attached hydrogens (tertiary/aromatic N) is 1. The van der Waals surface area contributed by atoms with Gasteiger partial charge < -0.3 is 0 Å². The van der Waals surface area contributed by atoms with Crippen molar-refractivity contribution in [1.82, 2.24) is 4.37 Å². The van der Waals surface area contributed by atoms with Crippen molar-refractivity contribution < 1.29 is 0 Å². The molecule has 1 aromatic carbocycles. The van der Waals surface area contributed by atoms with Crippen molar-refractivity contribution in [2.75, 3.05) is 0 Å². The lowest BCUT2D eigenvalue weighted by atomic mass is 9.90. The normalized spacial score (nSPS) is 14.4. The Hall–Kier alpha value is -0.930. The predicted molar refractivity (Wildman–Crippen MR) is 71.7 cm³/mol. The summed E-state index contributed by atoms with van der Waals surface area (Å²) in [5.41, 5.74) is 4.13. The van der Waals surface area contributed by atoms with Crippen LogP contribution in [0.4, 0.5) is 0 Å². The number of rotatable bonds is 1. The van der Waals surface area contributed by atoms with E-state index in [1.807, 2.05) is 6.20 Å². The molecule has 0 amide bonds. The van der Waals surface area contributed by atoms with Crippen LogP contribution in [-0.2, 0) is 6.42 Å². The molecule has 80 valence electrons. The van der Waals surface area contributed by atoms with Gasteiger partial charge in [0.1, 0.15) is 0 Å². The molecule has 0 aliphatic heterocycles. The van der Waals surface area contributed by atoms with E-state index in [1.165, 1.54) is 21.6 Å². The lowest BCUT2D eigenvalue weighted by molar-refractivity contribution is 0.977. The van der Waals surface area contributed by atoms with Gasteiger partial charge in [-0.2, -0.15) is 0 Å². The van der Waals surface area contributed by atoms with E-state index in [0.717, 1.165) is 17.3 Å². The summed E-state index contributed by atoms with van der Waals surface area (Å²) in [6.07, 6.45) is 6.45. The van der Waals surface area contributed by atoms with Crippen LogP contribution in [0.25, 0.3) is 5.57 Å². The standard InChI is InChI=1S/C13H10BrNS/c14-10-4-5-11-9(8-10)2-1-3-12(11)13-6-7-15-16-13/h3-8H,1-2H2. The number of allylic oxidation sites excluding steroid dienone is 1. The minimum atomic E-state index is 1.12. The molecular formula is C13H10BrNS. The van der Waals surface area contributed by atoms with E-state index in [0.29, 0.717) is 0 Å². The minimum absolute atomic E-state index is 1.12. The summed E-state index contributed by atoms with van der Waals surface area (Å²) in [5, 5.41) is 0. The van der Waals surface area contributed by atoms with Gasteiger partial charge in [-0.3, -0.25) is 0 Å². The van der Waals surface area contributed by atoms with E-state index in [9.17, 15) is 0 Å². The number of fused-ring (bicyclic) bond motifs is 1. The van der Waals surface area contributed by atoms with Crippen molar-refractivity contribution in [3.63, 3.8) is 0 Å². The quantitative estimate of drug-likeness (QED) is 0.764. The zero-order valence-electron chi connectivity index (χ0n) is 8.61. The molecule has 0 bridgehead atoms. The van der Waals surface area contributed by atoms with Crippen LogP contribution >= 0.6 is 27.5 Å². The topological polar surface area (TPSA) is 12.9 Å². The molecule has 0 saturated carbocycles. The third-order valence-electron chi connectivity index (χ3n) is 2.82. The summed E-state index contributed by atoms with van der Waals surface area (Å²) < 4.78 is 5.34. The third-order valence-corrected chi connectivity index (χ3v) is 4.10. The third kappa shape index (κ3) is 1.74. The van der Waals surface area contributed by atoms with Gasteiger partial charge in [-0.25, -0.2) is 4.37 Å². The smallest absolute Gasteiger partial charge is 0.0552 e. The molecule has 0 atom stereocenters. The second kappa shape index (κ2) is 4.15. The number of aryl methyl sites for hydroxylation is 1. The molecule has 1 aromatic heterocycles. The number of hydrogen-bond acceptors (Lipinski definition) is 2. The largest absolute Gasteiger partial charge is 0.201 e. The van der Waals surface area contributed by atoms with E-state index < -0.39 is 0 Å². The molecule has 0 radical (unpaired) electrons. The number of halogens is 1. The number of hydrogen-bond donors (Lipinski definition) is 0. The monoisotopic (exact) mass is 291 g/mol. The van der Waals surface area contributed by atoms with Crippen molar-refractivity contribution in [3.8, 4) is 0 Å². The molecule has 0 spiro atoms. The highest BCUT2D eigenvalue weighted by atomic mass is 79.9. The molecule has 2 aromatic rings. The van der Waals surface area contributed by atoms with E-state index in [-0.39, 0.29) is 0 Å². The van der Waals surface area contributed by atoms with Gasteiger partial charge >= 0.3 is 0 Å². The van der Waals surface area contributed by atoms with Crippen LogP contribution in [0.3, 0.4) is 0 Å². The fraction of sp³-hybridized carbons (Fsp3) is 0.154. The first-order valence-electron chi connectivity index (χ1n) is 5.24. The maximum atomic E-state index is 4.18. The van der Waals surface area contributed by atoms with Crippen molar-refractivity contribution in [3.05, 3.63) is 57.0 Å². The van der Waals surface area contributed by atoms with Crippen LogP contribution in [0, 0.1) is 0 Å². The maximum absolute atomic E-state index is 4.18. The maximum Gasteiger partial charge on any atom is 0.0552 e. The molecule has 0 N–H and O–H groups in total. The van der Waals surface area contributed by atoms with Gasteiger partial charge in [0.05, 0.1) is 4.88 Å². The van der Waals surface area contributed by atoms with Crippen molar-refractivity contribution in [1.29, 1.82) is 0 Å². The minimum Gasteiger partial charge on any atom is -0.201 e. The zero-order valence-corrected chi connectivity index (χ0v) is 11.0. The molecule has 1 aliphatic carbocycles. The highest BCUT2D eigenvalue weighted by molar-refractivity contribution is 9.10. The number of aromatic nitrogens is 1. The Bertz CT molecular complexity index is 543. The number of benzene rings is 1. The summed E-state index contributed by atoms with van der Waals surface area (Å²) in [5.74, 6) is 0. The van der Waals surface area contributed by atoms with Crippen molar-refractivity contribution in [2.24, 2.45) is 0 Å². The second-order valence-corrected chi connectivity index (χ2v) is 5.58. The van der Waals surface area contributed by atoms with Crippen LogP contribution in [0.2, 0.25) is 0 Å². The van der Waals surface area contributed by atoms with Gasteiger partial charge in [0, 0.05) is 10.7 Å². The summed E-state index contributed by atoms with van der Waals surface area (Å²) >= 11 is 5.10.